The minimum atomic E-state index is -1.35. The molecular formula is C37H47N3O2. The van der Waals surface area contributed by atoms with Gasteiger partial charge in [0, 0.05) is 18.1 Å². The van der Waals surface area contributed by atoms with Crippen molar-refractivity contribution in [2.24, 2.45) is 11.8 Å². The van der Waals surface area contributed by atoms with Crippen LogP contribution in [0.2, 0.25) is 0 Å². The van der Waals surface area contributed by atoms with Crippen molar-refractivity contribution in [2.75, 3.05) is 6.54 Å². The van der Waals surface area contributed by atoms with Gasteiger partial charge in [-0.05, 0) is 85.6 Å². The van der Waals surface area contributed by atoms with Crippen molar-refractivity contribution in [3.8, 4) is 0 Å². The van der Waals surface area contributed by atoms with Crippen molar-refractivity contribution in [2.45, 2.75) is 95.0 Å². The van der Waals surface area contributed by atoms with Gasteiger partial charge in [0.1, 0.15) is 5.60 Å². The third-order valence-electron chi connectivity index (χ3n) is 10.6. The van der Waals surface area contributed by atoms with E-state index in [1.807, 2.05) is 60.7 Å². The van der Waals surface area contributed by atoms with Gasteiger partial charge in [0.15, 0.2) is 0 Å². The van der Waals surface area contributed by atoms with E-state index in [0.29, 0.717) is 12.1 Å². The van der Waals surface area contributed by atoms with Gasteiger partial charge >= 0.3 is 6.03 Å². The Bertz CT molecular complexity index is 1250. The highest BCUT2D eigenvalue weighted by Gasteiger charge is 2.45. The molecule has 5 heteroatoms. The molecule has 1 unspecified atom stereocenters. The number of rotatable bonds is 10. The molecule has 222 valence electrons. The van der Waals surface area contributed by atoms with Gasteiger partial charge in [-0.2, -0.15) is 0 Å². The van der Waals surface area contributed by atoms with Crippen LogP contribution in [0.4, 0.5) is 4.79 Å². The fourth-order valence-electron chi connectivity index (χ4n) is 8.06. The number of carbonyl (C=O) groups is 1. The number of urea groups is 1. The van der Waals surface area contributed by atoms with E-state index in [9.17, 15) is 9.90 Å². The standard InChI is InChI=1S/C37H47N3O2/c1-3-26(2)35(37(42,28-12-6-4-7-13-28)29-14-8-5-9-15-29)39-36(41)38-30-20-18-27(19-21-30)24-25-40-33-22-23-34(40)32-17-11-10-16-31(32)33/h4-17,26-27,30,33-35,42H,3,18-25H2,1-2H3,(H2,38,39,41)/t26?,27?,30?,33-,34+,35-/m1/s1. The van der Waals surface area contributed by atoms with E-state index >= 15 is 0 Å². The molecule has 0 radical (unpaired) electrons. The zero-order valence-electron chi connectivity index (χ0n) is 25.2. The summed E-state index contributed by atoms with van der Waals surface area (Å²) in [4.78, 5) is 16.2. The summed E-state index contributed by atoms with van der Waals surface area (Å²) < 4.78 is 0. The van der Waals surface area contributed by atoms with Gasteiger partial charge in [0.05, 0.1) is 6.04 Å². The SMILES string of the molecule is CCC(C)[C@@H](NC(=O)NC1CCC(CCN2[C@@H]3CC[C@H]2c2ccccc23)CC1)C(O)(c1ccccc1)c1ccccc1. The van der Waals surface area contributed by atoms with Gasteiger partial charge in [0.2, 0.25) is 0 Å². The number of carbonyl (C=O) groups excluding carboxylic acids is 1. The topological polar surface area (TPSA) is 64.6 Å². The molecule has 1 saturated carbocycles. The predicted molar refractivity (Wildman–Crippen MR) is 169 cm³/mol. The van der Waals surface area contributed by atoms with Gasteiger partial charge in [-0.15, -0.1) is 0 Å². The second-order valence-electron chi connectivity index (χ2n) is 13.0. The van der Waals surface area contributed by atoms with Crippen molar-refractivity contribution >= 4 is 6.03 Å². The van der Waals surface area contributed by atoms with Gasteiger partial charge in [-0.3, -0.25) is 4.90 Å². The Morgan fingerprint density at radius 3 is 1.88 bits per heavy atom. The molecular weight excluding hydrogens is 518 g/mol. The van der Waals surface area contributed by atoms with Gasteiger partial charge < -0.3 is 15.7 Å². The third kappa shape index (κ3) is 5.61. The van der Waals surface area contributed by atoms with Crippen LogP contribution in [0.25, 0.3) is 0 Å². The van der Waals surface area contributed by atoms with E-state index in [1.54, 1.807) is 11.1 Å². The summed E-state index contributed by atoms with van der Waals surface area (Å²) in [5, 5.41) is 18.9. The first-order valence-electron chi connectivity index (χ1n) is 16.2. The summed E-state index contributed by atoms with van der Waals surface area (Å²) in [5.74, 6) is 0.784. The minimum absolute atomic E-state index is 0.0592. The van der Waals surface area contributed by atoms with Crippen LogP contribution in [0.15, 0.2) is 84.9 Å². The maximum atomic E-state index is 13.5. The number of nitrogens with one attached hydrogen (secondary N) is 2. The monoisotopic (exact) mass is 565 g/mol. The van der Waals surface area contributed by atoms with Crippen LogP contribution < -0.4 is 10.6 Å². The molecule has 3 N–H and O–H groups in total. The van der Waals surface area contributed by atoms with E-state index in [-0.39, 0.29) is 18.0 Å². The Morgan fingerprint density at radius 2 is 1.36 bits per heavy atom. The quantitative estimate of drug-likeness (QED) is 0.239. The van der Waals surface area contributed by atoms with Crippen LogP contribution in [-0.2, 0) is 5.60 Å². The normalized spacial score (nSPS) is 25.0. The van der Waals surface area contributed by atoms with Gasteiger partial charge in [-0.25, -0.2) is 4.79 Å². The van der Waals surface area contributed by atoms with Crippen LogP contribution in [0, 0.1) is 11.8 Å². The van der Waals surface area contributed by atoms with Crippen molar-refractivity contribution in [3.63, 3.8) is 0 Å². The minimum Gasteiger partial charge on any atom is -0.378 e. The fourth-order valence-corrected chi connectivity index (χ4v) is 8.06. The molecule has 42 heavy (non-hydrogen) atoms. The van der Waals surface area contributed by atoms with Crippen molar-refractivity contribution in [3.05, 3.63) is 107 Å². The molecule has 4 atom stereocenters. The Morgan fingerprint density at radius 1 is 0.833 bits per heavy atom. The molecule has 2 aliphatic heterocycles. The van der Waals surface area contributed by atoms with E-state index in [4.69, 9.17) is 0 Å². The predicted octanol–water partition coefficient (Wildman–Crippen LogP) is 7.48. The highest BCUT2D eigenvalue weighted by atomic mass is 16.3. The zero-order valence-corrected chi connectivity index (χ0v) is 25.2. The summed E-state index contributed by atoms with van der Waals surface area (Å²) in [6.07, 6.45) is 9.03. The molecule has 5 nitrogen and oxygen atoms in total. The number of amides is 2. The Labute approximate surface area is 251 Å². The summed E-state index contributed by atoms with van der Waals surface area (Å²) in [6.45, 7) is 5.40. The van der Waals surface area contributed by atoms with Crippen LogP contribution in [-0.4, -0.2) is 34.7 Å². The second-order valence-corrected chi connectivity index (χ2v) is 13.0. The first-order valence-corrected chi connectivity index (χ1v) is 16.2. The first-order chi connectivity index (χ1) is 20.5. The Hall–Kier alpha value is -3.15. The summed E-state index contributed by atoms with van der Waals surface area (Å²) in [7, 11) is 0. The molecule has 3 aromatic rings. The zero-order chi connectivity index (χ0) is 29.1. The number of nitrogens with zero attached hydrogens (tertiary/aromatic N) is 1. The summed E-state index contributed by atoms with van der Waals surface area (Å²) in [6, 6.07) is 29.3. The highest BCUT2D eigenvalue weighted by molar-refractivity contribution is 5.75. The van der Waals surface area contributed by atoms with E-state index in [2.05, 4.69) is 53.6 Å². The molecule has 6 rings (SSSR count). The molecule has 0 aromatic heterocycles. The smallest absolute Gasteiger partial charge is 0.315 e. The second kappa shape index (κ2) is 12.6. The largest absolute Gasteiger partial charge is 0.378 e. The lowest BCUT2D eigenvalue weighted by Gasteiger charge is -2.41. The number of aliphatic hydroxyl groups is 1. The molecule has 1 saturated heterocycles. The molecule has 2 amide bonds. The average molecular weight is 566 g/mol. The maximum absolute atomic E-state index is 13.5. The highest BCUT2D eigenvalue weighted by Crippen LogP contribution is 2.53. The molecule has 0 spiro atoms. The Kier molecular flexibility index (Phi) is 8.69. The molecule has 2 heterocycles. The summed E-state index contributed by atoms with van der Waals surface area (Å²) >= 11 is 0. The van der Waals surface area contributed by atoms with E-state index in [0.717, 1.165) is 49.1 Å². The van der Waals surface area contributed by atoms with Crippen LogP contribution in [0.1, 0.15) is 99.6 Å². The van der Waals surface area contributed by atoms with Crippen molar-refractivity contribution in [1.82, 2.24) is 15.5 Å². The number of fused-ring (bicyclic) bond motifs is 5. The molecule has 2 fully saturated rings. The number of hydrogen-bond donors (Lipinski definition) is 3. The van der Waals surface area contributed by atoms with Crippen LogP contribution in [0.5, 0.6) is 0 Å². The Balaban J connectivity index is 1.05. The molecule has 1 aliphatic carbocycles. The van der Waals surface area contributed by atoms with Gasteiger partial charge in [-0.1, -0.05) is 105 Å². The molecule has 3 aliphatic rings. The van der Waals surface area contributed by atoms with E-state index in [1.165, 1.54) is 25.8 Å². The number of benzene rings is 3. The third-order valence-corrected chi connectivity index (χ3v) is 10.6. The lowest BCUT2D eigenvalue weighted by Crippen LogP contribution is -2.58. The maximum Gasteiger partial charge on any atom is 0.315 e. The number of hydrogen-bond acceptors (Lipinski definition) is 3. The molecule has 3 aromatic carbocycles. The lowest BCUT2D eigenvalue weighted by atomic mass is 9.74. The van der Waals surface area contributed by atoms with Crippen molar-refractivity contribution < 1.29 is 9.90 Å². The average Bonchev–Trinajstić information content (AvgIpc) is 3.59. The lowest BCUT2D eigenvalue weighted by molar-refractivity contribution is 0.0195. The van der Waals surface area contributed by atoms with Crippen LogP contribution >= 0.6 is 0 Å². The van der Waals surface area contributed by atoms with Crippen molar-refractivity contribution in [1.29, 1.82) is 0 Å². The van der Waals surface area contributed by atoms with E-state index < -0.39 is 11.6 Å². The molecule has 2 bridgehead atoms. The summed E-state index contributed by atoms with van der Waals surface area (Å²) in [5.41, 5.74) is 3.36. The van der Waals surface area contributed by atoms with Crippen LogP contribution in [0.3, 0.4) is 0 Å². The van der Waals surface area contributed by atoms with Gasteiger partial charge in [0.25, 0.3) is 0 Å². The first kappa shape index (κ1) is 28.9. The fraction of sp³-hybridized carbons (Fsp3) is 0.486.